The number of nitrogens with one attached hydrogen (secondary N) is 1. The van der Waals surface area contributed by atoms with Gasteiger partial charge in [0.15, 0.2) is 0 Å². The van der Waals surface area contributed by atoms with E-state index in [2.05, 4.69) is 11.8 Å². The van der Waals surface area contributed by atoms with Gasteiger partial charge in [0.2, 0.25) is 0 Å². The Labute approximate surface area is 93.6 Å². The summed E-state index contributed by atoms with van der Waals surface area (Å²) < 4.78 is 0. The van der Waals surface area contributed by atoms with E-state index in [0.717, 1.165) is 24.8 Å². The number of hydrogen-bond acceptors (Lipinski definition) is 1. The molecule has 1 aliphatic heterocycles. The summed E-state index contributed by atoms with van der Waals surface area (Å²) in [5, 5.41) is 8.27. The molecule has 2 rings (SSSR count). The Kier molecular flexibility index (Phi) is 3.66. The van der Waals surface area contributed by atoms with E-state index in [0.29, 0.717) is 5.92 Å². The highest BCUT2D eigenvalue weighted by Gasteiger charge is 2.27. The topological polar surface area (TPSA) is 27.1 Å². The van der Waals surface area contributed by atoms with Crippen molar-refractivity contribution < 1.29 is 0 Å². The molecule has 2 fully saturated rings. The normalized spacial score (nSPS) is 28.3. The average Bonchev–Trinajstić information content (AvgIpc) is 2.78. The van der Waals surface area contributed by atoms with Crippen LogP contribution in [0.25, 0.3) is 0 Å². The molecule has 1 atom stereocenters. The smallest absolute Gasteiger partial charge is 0.0989 e. The summed E-state index contributed by atoms with van der Waals surface area (Å²) in [6.45, 7) is 4.58. The van der Waals surface area contributed by atoms with E-state index in [4.69, 9.17) is 5.41 Å². The van der Waals surface area contributed by atoms with Crippen LogP contribution in [0.2, 0.25) is 0 Å². The molecule has 0 aromatic heterocycles. The minimum atomic E-state index is 0.592. The van der Waals surface area contributed by atoms with E-state index in [1.807, 2.05) is 0 Å². The highest BCUT2D eigenvalue weighted by atomic mass is 15.2. The van der Waals surface area contributed by atoms with Gasteiger partial charge >= 0.3 is 0 Å². The van der Waals surface area contributed by atoms with E-state index >= 15 is 0 Å². The zero-order valence-electron chi connectivity index (χ0n) is 9.97. The maximum Gasteiger partial charge on any atom is 0.0989 e. The Morgan fingerprint density at radius 3 is 2.53 bits per heavy atom. The fraction of sp³-hybridized carbons (Fsp3) is 0.923. The zero-order valence-corrected chi connectivity index (χ0v) is 9.97. The largest absolute Gasteiger partial charge is 0.360 e. The van der Waals surface area contributed by atoms with Crippen molar-refractivity contribution >= 4 is 5.84 Å². The fourth-order valence-corrected chi connectivity index (χ4v) is 3.02. The predicted octanol–water partition coefficient (Wildman–Crippen LogP) is 3.28. The van der Waals surface area contributed by atoms with E-state index in [1.165, 1.54) is 44.9 Å². The Hall–Kier alpha value is -0.530. The summed E-state index contributed by atoms with van der Waals surface area (Å²) in [4.78, 5) is 2.35. The van der Waals surface area contributed by atoms with E-state index in [-0.39, 0.29) is 0 Å². The van der Waals surface area contributed by atoms with Crippen molar-refractivity contribution in [2.75, 3.05) is 13.1 Å². The third-order valence-corrected chi connectivity index (χ3v) is 4.20. The second-order valence-corrected chi connectivity index (χ2v) is 5.23. The molecule has 0 aromatic carbocycles. The van der Waals surface area contributed by atoms with Crippen LogP contribution < -0.4 is 0 Å². The number of rotatable bonds is 2. The molecule has 0 aromatic rings. The summed E-state index contributed by atoms with van der Waals surface area (Å²) in [6.07, 6.45) is 9.22. The van der Waals surface area contributed by atoms with Crippen LogP contribution in [0.4, 0.5) is 0 Å². The van der Waals surface area contributed by atoms with Gasteiger partial charge in [-0.25, -0.2) is 0 Å². The molecule has 2 nitrogen and oxygen atoms in total. The first-order valence-electron chi connectivity index (χ1n) is 6.64. The van der Waals surface area contributed by atoms with Gasteiger partial charge in [0.1, 0.15) is 0 Å². The summed E-state index contributed by atoms with van der Waals surface area (Å²) in [7, 11) is 0. The minimum Gasteiger partial charge on any atom is -0.360 e. The number of likely N-dealkylation sites (tertiary alicyclic amines) is 1. The van der Waals surface area contributed by atoms with Gasteiger partial charge in [-0.05, 0) is 25.2 Å². The van der Waals surface area contributed by atoms with Gasteiger partial charge in [0.25, 0.3) is 0 Å². The Balaban J connectivity index is 1.85. The summed E-state index contributed by atoms with van der Waals surface area (Å²) in [5.74, 6) is 2.41. The van der Waals surface area contributed by atoms with Crippen LogP contribution >= 0.6 is 0 Å². The third-order valence-electron chi connectivity index (χ3n) is 4.20. The molecule has 0 amide bonds. The number of nitrogens with zero attached hydrogens (tertiary/aromatic N) is 1. The molecule has 86 valence electrons. The molecule has 1 saturated heterocycles. The van der Waals surface area contributed by atoms with Crippen molar-refractivity contribution in [3.05, 3.63) is 0 Å². The molecule has 1 N–H and O–H groups in total. The van der Waals surface area contributed by atoms with E-state index < -0.39 is 0 Å². The molecule has 1 saturated carbocycles. The van der Waals surface area contributed by atoms with Crippen molar-refractivity contribution in [3.63, 3.8) is 0 Å². The Morgan fingerprint density at radius 1 is 1.20 bits per heavy atom. The van der Waals surface area contributed by atoms with Crippen molar-refractivity contribution in [1.82, 2.24) is 4.90 Å². The molecule has 0 spiro atoms. The fourth-order valence-electron chi connectivity index (χ4n) is 3.02. The van der Waals surface area contributed by atoms with Crippen LogP contribution in [0.15, 0.2) is 0 Å². The van der Waals surface area contributed by atoms with Crippen molar-refractivity contribution in [1.29, 1.82) is 5.41 Å². The van der Waals surface area contributed by atoms with Crippen LogP contribution in [-0.2, 0) is 0 Å². The number of amidine groups is 1. The lowest BCUT2D eigenvalue weighted by Crippen LogP contribution is -2.34. The van der Waals surface area contributed by atoms with Gasteiger partial charge in [0.05, 0.1) is 5.84 Å². The molecule has 2 aliphatic rings. The number of hydrogen-bond donors (Lipinski definition) is 1. The second-order valence-electron chi connectivity index (χ2n) is 5.23. The quantitative estimate of drug-likeness (QED) is 0.547. The van der Waals surface area contributed by atoms with Crippen molar-refractivity contribution in [3.8, 4) is 0 Å². The van der Waals surface area contributed by atoms with E-state index in [1.54, 1.807) is 0 Å². The molecule has 1 aliphatic carbocycles. The third kappa shape index (κ3) is 2.53. The lowest BCUT2D eigenvalue weighted by Gasteiger charge is -2.29. The average molecular weight is 208 g/mol. The molecule has 2 heteroatoms. The van der Waals surface area contributed by atoms with Gasteiger partial charge in [-0.2, -0.15) is 0 Å². The zero-order chi connectivity index (χ0) is 10.7. The van der Waals surface area contributed by atoms with Gasteiger partial charge in [0, 0.05) is 19.0 Å². The summed E-state index contributed by atoms with van der Waals surface area (Å²) in [6, 6.07) is 0. The van der Waals surface area contributed by atoms with Crippen molar-refractivity contribution in [2.45, 2.75) is 51.9 Å². The van der Waals surface area contributed by atoms with Crippen LogP contribution in [0, 0.1) is 17.2 Å². The first kappa shape index (κ1) is 11.0. The molecule has 15 heavy (non-hydrogen) atoms. The van der Waals surface area contributed by atoms with E-state index in [9.17, 15) is 0 Å². The highest BCUT2D eigenvalue weighted by molar-refractivity contribution is 5.82. The highest BCUT2D eigenvalue weighted by Crippen LogP contribution is 2.28. The molecule has 0 radical (unpaired) electrons. The van der Waals surface area contributed by atoms with Crippen LogP contribution in [0.3, 0.4) is 0 Å². The molecule has 1 heterocycles. The molecule has 0 bridgehead atoms. The SMILES string of the molecule is CCC1CCN(C(=N)C2CCCCC2)C1. The Bertz CT molecular complexity index is 219. The van der Waals surface area contributed by atoms with Gasteiger partial charge in [-0.15, -0.1) is 0 Å². The van der Waals surface area contributed by atoms with Gasteiger partial charge in [-0.3, -0.25) is 5.41 Å². The van der Waals surface area contributed by atoms with Crippen LogP contribution in [0.1, 0.15) is 51.9 Å². The first-order chi connectivity index (χ1) is 7.31. The first-order valence-corrected chi connectivity index (χ1v) is 6.64. The lowest BCUT2D eigenvalue weighted by molar-refractivity contribution is 0.379. The summed E-state index contributed by atoms with van der Waals surface area (Å²) >= 11 is 0. The maximum atomic E-state index is 8.27. The molecular weight excluding hydrogens is 184 g/mol. The van der Waals surface area contributed by atoms with Crippen LogP contribution in [0.5, 0.6) is 0 Å². The maximum absolute atomic E-state index is 8.27. The van der Waals surface area contributed by atoms with Crippen LogP contribution in [-0.4, -0.2) is 23.8 Å². The monoisotopic (exact) mass is 208 g/mol. The predicted molar refractivity (Wildman–Crippen MR) is 64.3 cm³/mol. The van der Waals surface area contributed by atoms with Gasteiger partial charge in [-0.1, -0.05) is 32.6 Å². The Morgan fingerprint density at radius 2 is 1.93 bits per heavy atom. The van der Waals surface area contributed by atoms with Gasteiger partial charge < -0.3 is 4.90 Å². The lowest BCUT2D eigenvalue weighted by atomic mass is 9.88. The van der Waals surface area contributed by atoms with Crippen molar-refractivity contribution in [2.24, 2.45) is 11.8 Å². The second kappa shape index (κ2) is 5.00. The molecule has 1 unspecified atom stereocenters. The standard InChI is InChI=1S/C13H24N2/c1-2-11-8-9-15(10-11)13(14)12-6-4-3-5-7-12/h11-12,14H,2-10H2,1H3. The minimum absolute atomic E-state index is 0.592. The summed E-state index contributed by atoms with van der Waals surface area (Å²) in [5.41, 5.74) is 0. The molecular formula is C13H24N2.